The molecule has 0 saturated carbocycles. The zero-order valence-electron chi connectivity index (χ0n) is 26.8. The van der Waals surface area contributed by atoms with Crippen LogP contribution in [0.15, 0.2) is 60.8 Å². The molecule has 0 amide bonds. The molecule has 4 heteroatoms. The van der Waals surface area contributed by atoms with Gasteiger partial charge in [0.1, 0.15) is 6.10 Å². The predicted octanol–water partition coefficient (Wildman–Crippen LogP) is 10.5. The van der Waals surface area contributed by atoms with Crippen molar-refractivity contribution < 1.29 is 19.4 Å². The van der Waals surface area contributed by atoms with Gasteiger partial charge >= 0.3 is 5.97 Å². The van der Waals surface area contributed by atoms with Gasteiger partial charge in [-0.15, -0.1) is 0 Å². The van der Waals surface area contributed by atoms with Crippen LogP contribution in [0, 0.1) is 0 Å². The van der Waals surface area contributed by atoms with E-state index in [9.17, 15) is 9.90 Å². The van der Waals surface area contributed by atoms with Crippen molar-refractivity contribution >= 4 is 5.97 Å². The first-order chi connectivity index (χ1) is 20.2. The van der Waals surface area contributed by atoms with Gasteiger partial charge in [0.25, 0.3) is 0 Å². The van der Waals surface area contributed by atoms with Gasteiger partial charge in [-0.2, -0.15) is 0 Å². The van der Waals surface area contributed by atoms with Gasteiger partial charge in [-0.05, 0) is 70.6 Å². The maximum Gasteiger partial charge on any atom is 0.306 e. The van der Waals surface area contributed by atoms with E-state index in [2.05, 4.69) is 74.6 Å². The molecule has 4 nitrogen and oxygen atoms in total. The number of unbranched alkanes of at least 4 members (excludes halogenated alkanes) is 12. The van der Waals surface area contributed by atoms with Crippen molar-refractivity contribution in [1.29, 1.82) is 0 Å². The van der Waals surface area contributed by atoms with Gasteiger partial charge in [-0.1, -0.05) is 126 Å². The molecule has 236 valence electrons. The Labute approximate surface area is 254 Å². The molecule has 0 heterocycles. The van der Waals surface area contributed by atoms with Crippen LogP contribution in [-0.2, 0) is 14.3 Å². The van der Waals surface area contributed by atoms with Gasteiger partial charge in [0.15, 0.2) is 0 Å². The molecular weight excluding hydrogens is 508 g/mol. The maximum absolute atomic E-state index is 12.1. The Bertz CT molecular complexity index is 689. The zero-order chi connectivity index (χ0) is 29.9. The smallest absolute Gasteiger partial charge is 0.306 e. The number of allylic oxidation sites excluding steroid dienone is 10. The van der Waals surface area contributed by atoms with E-state index in [-0.39, 0.29) is 19.2 Å². The Hall–Kier alpha value is -1.91. The molecule has 0 rings (SSSR count). The lowest BCUT2D eigenvalue weighted by atomic mass is 10.1. The first-order valence-electron chi connectivity index (χ1n) is 16.9. The highest BCUT2D eigenvalue weighted by Gasteiger charge is 2.13. The van der Waals surface area contributed by atoms with Crippen LogP contribution in [0.1, 0.15) is 142 Å². The third kappa shape index (κ3) is 32.5. The monoisotopic (exact) mass is 572 g/mol. The van der Waals surface area contributed by atoms with Gasteiger partial charge in [0.05, 0.1) is 13.2 Å². The standard InChI is InChI=1S/C37H64O4/c1-3-5-7-9-11-13-15-17-18-19-20-21-22-24-26-28-30-32-37(39)41-36(34-38)35-40-33-31-29-27-25-23-16-14-12-10-8-6-4-2/h5,7,10-13,17-18,20-21,36,38H,3-4,6,8-9,14-16,19,22-35H2,1-2H3/b7-5-,12-10-,13-11-,18-17-,21-20-. The van der Waals surface area contributed by atoms with Crippen LogP contribution >= 0.6 is 0 Å². The van der Waals surface area contributed by atoms with Crippen molar-refractivity contribution in [3.8, 4) is 0 Å². The molecule has 0 saturated heterocycles. The second-order valence-electron chi connectivity index (χ2n) is 10.8. The van der Waals surface area contributed by atoms with Crippen LogP contribution in [0.25, 0.3) is 0 Å². The molecule has 0 aromatic rings. The predicted molar refractivity (Wildman–Crippen MR) is 177 cm³/mol. The Morgan fingerprint density at radius 1 is 0.610 bits per heavy atom. The second kappa shape index (κ2) is 34.3. The van der Waals surface area contributed by atoms with E-state index in [4.69, 9.17) is 9.47 Å². The number of hydrogen-bond acceptors (Lipinski definition) is 4. The lowest BCUT2D eigenvalue weighted by Crippen LogP contribution is -2.27. The molecule has 0 fully saturated rings. The summed E-state index contributed by atoms with van der Waals surface area (Å²) < 4.78 is 11.1. The van der Waals surface area contributed by atoms with Gasteiger partial charge in [-0.3, -0.25) is 4.79 Å². The summed E-state index contributed by atoms with van der Waals surface area (Å²) in [7, 11) is 0. The number of carbonyl (C=O) groups is 1. The first-order valence-corrected chi connectivity index (χ1v) is 16.9. The summed E-state index contributed by atoms with van der Waals surface area (Å²) in [5, 5.41) is 9.52. The van der Waals surface area contributed by atoms with E-state index >= 15 is 0 Å². The summed E-state index contributed by atoms with van der Waals surface area (Å²) in [6, 6.07) is 0. The number of esters is 1. The largest absolute Gasteiger partial charge is 0.457 e. The number of rotatable bonds is 30. The highest BCUT2D eigenvalue weighted by Crippen LogP contribution is 2.10. The van der Waals surface area contributed by atoms with E-state index < -0.39 is 6.10 Å². The molecule has 0 spiro atoms. The van der Waals surface area contributed by atoms with E-state index in [1.807, 2.05) is 0 Å². The summed E-state index contributed by atoms with van der Waals surface area (Å²) >= 11 is 0. The third-order valence-electron chi connectivity index (χ3n) is 6.83. The summed E-state index contributed by atoms with van der Waals surface area (Å²) in [4.78, 5) is 12.1. The van der Waals surface area contributed by atoms with Crippen LogP contribution in [0.2, 0.25) is 0 Å². The fraction of sp³-hybridized carbons (Fsp3) is 0.703. The lowest BCUT2D eigenvalue weighted by Gasteiger charge is -2.15. The average molecular weight is 573 g/mol. The first kappa shape index (κ1) is 39.1. The highest BCUT2D eigenvalue weighted by atomic mass is 16.6. The molecule has 1 atom stereocenters. The van der Waals surface area contributed by atoms with Crippen molar-refractivity contribution in [2.75, 3.05) is 19.8 Å². The number of carbonyl (C=O) groups excluding carboxylic acids is 1. The summed E-state index contributed by atoms with van der Waals surface area (Å²) in [5.41, 5.74) is 0. The van der Waals surface area contributed by atoms with Crippen LogP contribution in [0.5, 0.6) is 0 Å². The minimum Gasteiger partial charge on any atom is -0.457 e. The van der Waals surface area contributed by atoms with Gasteiger partial charge in [0.2, 0.25) is 0 Å². The second-order valence-corrected chi connectivity index (χ2v) is 10.8. The molecule has 0 aliphatic rings. The molecule has 0 aliphatic heterocycles. The van der Waals surface area contributed by atoms with Crippen LogP contribution in [-0.4, -0.2) is 37.0 Å². The molecule has 0 aromatic carbocycles. The topological polar surface area (TPSA) is 55.8 Å². The van der Waals surface area contributed by atoms with Crippen LogP contribution < -0.4 is 0 Å². The summed E-state index contributed by atoms with van der Waals surface area (Å²) in [6.45, 7) is 5.14. The minimum atomic E-state index is -0.550. The quantitative estimate of drug-likeness (QED) is 0.0528. The van der Waals surface area contributed by atoms with Crippen molar-refractivity contribution in [1.82, 2.24) is 0 Å². The SMILES string of the molecule is CC/C=C\C/C=C\C/C=C\C/C=C\CCCCCCC(=O)OC(CO)COCCCCCCCC/C=C\CCCC. The Balaban J connectivity index is 3.55. The third-order valence-corrected chi connectivity index (χ3v) is 6.83. The molecule has 0 radical (unpaired) electrons. The van der Waals surface area contributed by atoms with Gasteiger partial charge in [-0.25, -0.2) is 0 Å². The summed E-state index contributed by atoms with van der Waals surface area (Å²) in [6.07, 6.45) is 43.9. The number of aliphatic hydroxyl groups excluding tert-OH is 1. The fourth-order valence-electron chi connectivity index (χ4n) is 4.30. The number of hydrogen-bond donors (Lipinski definition) is 1. The normalized spacial score (nSPS) is 13.1. The average Bonchev–Trinajstić information content (AvgIpc) is 2.98. The molecule has 1 N–H and O–H groups in total. The van der Waals surface area contributed by atoms with Crippen molar-refractivity contribution in [2.24, 2.45) is 0 Å². The molecule has 41 heavy (non-hydrogen) atoms. The van der Waals surface area contributed by atoms with Crippen molar-refractivity contribution in [2.45, 2.75) is 148 Å². The molecule has 0 bridgehead atoms. The highest BCUT2D eigenvalue weighted by molar-refractivity contribution is 5.69. The van der Waals surface area contributed by atoms with Gasteiger partial charge < -0.3 is 14.6 Å². The Morgan fingerprint density at radius 2 is 1.10 bits per heavy atom. The maximum atomic E-state index is 12.1. The van der Waals surface area contributed by atoms with Crippen LogP contribution in [0.4, 0.5) is 0 Å². The van der Waals surface area contributed by atoms with Crippen molar-refractivity contribution in [3.63, 3.8) is 0 Å². The zero-order valence-corrected chi connectivity index (χ0v) is 26.8. The minimum absolute atomic E-state index is 0.187. The van der Waals surface area contributed by atoms with E-state index in [1.165, 1.54) is 51.4 Å². The van der Waals surface area contributed by atoms with Crippen molar-refractivity contribution in [3.05, 3.63) is 60.8 Å². The number of aliphatic hydroxyl groups is 1. The Kier molecular flexibility index (Phi) is 32.7. The van der Waals surface area contributed by atoms with E-state index in [1.54, 1.807) is 0 Å². The fourth-order valence-corrected chi connectivity index (χ4v) is 4.30. The van der Waals surface area contributed by atoms with E-state index in [0.29, 0.717) is 13.0 Å². The molecule has 1 unspecified atom stereocenters. The van der Waals surface area contributed by atoms with Crippen LogP contribution in [0.3, 0.4) is 0 Å². The Morgan fingerprint density at radius 3 is 1.68 bits per heavy atom. The number of ether oxygens (including phenoxy) is 2. The lowest BCUT2D eigenvalue weighted by molar-refractivity contribution is -0.154. The summed E-state index contributed by atoms with van der Waals surface area (Å²) in [5.74, 6) is -0.230. The van der Waals surface area contributed by atoms with E-state index in [0.717, 1.165) is 70.6 Å². The molecular formula is C37H64O4. The molecule has 0 aromatic heterocycles. The molecule has 0 aliphatic carbocycles. The van der Waals surface area contributed by atoms with Gasteiger partial charge in [0, 0.05) is 13.0 Å².